The first kappa shape index (κ1) is 16.1. The van der Waals surface area contributed by atoms with E-state index in [9.17, 15) is 4.39 Å². The molecule has 2 atom stereocenters. The van der Waals surface area contributed by atoms with E-state index in [1.54, 1.807) is 0 Å². The molecule has 2 unspecified atom stereocenters. The highest BCUT2D eigenvalue weighted by atomic mass is 79.9. The molecule has 1 aliphatic rings. The Labute approximate surface area is 133 Å². The smallest absolute Gasteiger partial charge is 0.125 e. The van der Waals surface area contributed by atoms with Gasteiger partial charge in [0.1, 0.15) is 5.82 Å². The van der Waals surface area contributed by atoms with E-state index in [0.717, 1.165) is 42.5 Å². The maximum absolute atomic E-state index is 13.3. The lowest BCUT2D eigenvalue weighted by atomic mass is 9.97. The number of rotatable bonds is 4. The van der Waals surface area contributed by atoms with Crippen LogP contribution in [0.15, 0.2) is 16.6 Å². The Morgan fingerprint density at radius 1 is 1.50 bits per heavy atom. The molecule has 112 valence electrons. The van der Waals surface area contributed by atoms with E-state index in [-0.39, 0.29) is 5.82 Å². The zero-order chi connectivity index (χ0) is 14.7. The number of benzene rings is 1. The topological polar surface area (TPSA) is 15.3 Å². The highest BCUT2D eigenvalue weighted by Gasteiger charge is 2.27. The van der Waals surface area contributed by atoms with Crippen LogP contribution in [-0.4, -0.2) is 25.2 Å². The number of nitrogens with one attached hydrogen (secondary N) is 1. The Morgan fingerprint density at radius 3 is 2.85 bits per heavy atom. The number of nitrogens with zero attached hydrogens (tertiary/aromatic N) is 1. The van der Waals surface area contributed by atoms with Crippen molar-refractivity contribution >= 4 is 33.2 Å². The molecule has 0 saturated carbocycles. The third kappa shape index (κ3) is 3.66. The Kier molecular flexibility index (Phi) is 5.70. The highest BCUT2D eigenvalue weighted by molar-refractivity contribution is 9.10. The van der Waals surface area contributed by atoms with Crippen molar-refractivity contribution < 1.29 is 4.39 Å². The maximum Gasteiger partial charge on any atom is 0.125 e. The molecule has 1 saturated heterocycles. The van der Waals surface area contributed by atoms with E-state index in [4.69, 9.17) is 11.6 Å². The first-order valence-electron chi connectivity index (χ1n) is 7.17. The quantitative estimate of drug-likeness (QED) is 0.841. The number of piperidine rings is 1. The molecule has 0 aliphatic carbocycles. The molecule has 2 nitrogen and oxygen atoms in total. The molecule has 1 fully saturated rings. The van der Waals surface area contributed by atoms with E-state index in [1.807, 2.05) is 0 Å². The van der Waals surface area contributed by atoms with Gasteiger partial charge in [0.15, 0.2) is 0 Å². The van der Waals surface area contributed by atoms with Crippen LogP contribution >= 0.6 is 27.5 Å². The molecule has 0 radical (unpaired) electrons. The van der Waals surface area contributed by atoms with E-state index in [0.29, 0.717) is 17.1 Å². The van der Waals surface area contributed by atoms with Crippen molar-refractivity contribution in [3.63, 3.8) is 0 Å². The average molecular weight is 364 g/mol. The number of halogens is 3. The molecule has 0 bridgehead atoms. The summed E-state index contributed by atoms with van der Waals surface area (Å²) < 4.78 is 14.1. The Bertz CT molecular complexity index is 446. The monoisotopic (exact) mass is 362 g/mol. The lowest BCUT2D eigenvalue weighted by molar-refractivity contribution is 0.368. The van der Waals surface area contributed by atoms with Crippen LogP contribution in [0.2, 0.25) is 5.02 Å². The lowest BCUT2D eigenvalue weighted by Gasteiger charge is -2.40. The summed E-state index contributed by atoms with van der Waals surface area (Å²) in [5.74, 6) is -0.308. The van der Waals surface area contributed by atoms with Crippen molar-refractivity contribution in [1.82, 2.24) is 5.32 Å². The SMILES string of the molecule is CCCNC1CCN(c2c(Cl)cc(F)cc2Br)C(C)C1. The van der Waals surface area contributed by atoms with Crippen molar-refractivity contribution in [2.24, 2.45) is 0 Å². The van der Waals surface area contributed by atoms with Crippen molar-refractivity contribution in [2.45, 2.75) is 45.2 Å². The van der Waals surface area contributed by atoms with Crippen LogP contribution in [0.25, 0.3) is 0 Å². The van der Waals surface area contributed by atoms with Crippen molar-refractivity contribution in [3.05, 3.63) is 27.4 Å². The fourth-order valence-corrected chi connectivity index (χ4v) is 3.94. The number of hydrogen-bond donors (Lipinski definition) is 1. The minimum absolute atomic E-state index is 0.308. The van der Waals surface area contributed by atoms with Crippen molar-refractivity contribution in [2.75, 3.05) is 18.0 Å². The van der Waals surface area contributed by atoms with Gasteiger partial charge in [-0.3, -0.25) is 0 Å². The van der Waals surface area contributed by atoms with Crippen LogP contribution in [-0.2, 0) is 0 Å². The molecule has 0 aromatic heterocycles. The van der Waals surface area contributed by atoms with Gasteiger partial charge in [-0.25, -0.2) is 4.39 Å². The van der Waals surface area contributed by atoms with Crippen molar-refractivity contribution in [3.8, 4) is 0 Å². The van der Waals surface area contributed by atoms with Gasteiger partial charge >= 0.3 is 0 Å². The van der Waals surface area contributed by atoms with E-state index in [2.05, 4.69) is 40.0 Å². The minimum atomic E-state index is -0.308. The van der Waals surface area contributed by atoms with Crippen LogP contribution < -0.4 is 10.2 Å². The summed E-state index contributed by atoms with van der Waals surface area (Å²) in [5.41, 5.74) is 0.912. The summed E-state index contributed by atoms with van der Waals surface area (Å²) in [6.45, 7) is 6.39. The molecule has 5 heteroatoms. The molecule has 2 rings (SSSR count). The molecule has 1 heterocycles. The number of hydrogen-bond acceptors (Lipinski definition) is 2. The van der Waals surface area contributed by atoms with E-state index in [1.165, 1.54) is 12.1 Å². The summed E-state index contributed by atoms with van der Waals surface area (Å²) in [5, 5.41) is 4.06. The maximum atomic E-state index is 13.3. The highest BCUT2D eigenvalue weighted by Crippen LogP contribution is 2.38. The molecule has 1 N–H and O–H groups in total. The average Bonchev–Trinajstić information content (AvgIpc) is 2.37. The molecule has 1 aliphatic heterocycles. The third-order valence-corrected chi connectivity index (χ3v) is 4.72. The Balaban J connectivity index is 2.12. The van der Waals surface area contributed by atoms with Crippen LogP contribution in [0.3, 0.4) is 0 Å². The first-order valence-corrected chi connectivity index (χ1v) is 8.34. The van der Waals surface area contributed by atoms with Gasteiger partial charge < -0.3 is 10.2 Å². The minimum Gasteiger partial charge on any atom is -0.367 e. The molecular weight excluding hydrogens is 343 g/mol. The normalized spacial score (nSPS) is 23.1. The van der Waals surface area contributed by atoms with Gasteiger partial charge in [0, 0.05) is 23.1 Å². The zero-order valence-electron chi connectivity index (χ0n) is 11.9. The van der Waals surface area contributed by atoms with Gasteiger partial charge in [-0.15, -0.1) is 0 Å². The summed E-state index contributed by atoms with van der Waals surface area (Å²) >= 11 is 9.66. The second-order valence-corrected chi connectivity index (χ2v) is 6.70. The van der Waals surface area contributed by atoms with Crippen LogP contribution in [0.5, 0.6) is 0 Å². The lowest BCUT2D eigenvalue weighted by Crippen LogP contribution is -2.48. The molecule has 0 amide bonds. The van der Waals surface area contributed by atoms with Crippen LogP contribution in [0.4, 0.5) is 10.1 Å². The number of anilines is 1. The van der Waals surface area contributed by atoms with Crippen LogP contribution in [0.1, 0.15) is 33.1 Å². The molecular formula is C15H21BrClFN2. The fourth-order valence-electron chi connectivity index (χ4n) is 2.85. The fraction of sp³-hybridized carbons (Fsp3) is 0.600. The van der Waals surface area contributed by atoms with Gasteiger partial charge in [-0.2, -0.15) is 0 Å². The summed E-state index contributed by atoms with van der Waals surface area (Å²) in [4.78, 5) is 2.27. The predicted octanol–water partition coefficient (Wildman–Crippen LogP) is 4.60. The summed E-state index contributed by atoms with van der Waals surface area (Å²) in [7, 11) is 0. The molecule has 1 aromatic rings. The predicted molar refractivity (Wildman–Crippen MR) is 87.2 cm³/mol. The van der Waals surface area contributed by atoms with Gasteiger partial charge in [-0.1, -0.05) is 18.5 Å². The van der Waals surface area contributed by atoms with Gasteiger partial charge in [0.25, 0.3) is 0 Å². The van der Waals surface area contributed by atoms with Crippen molar-refractivity contribution in [1.29, 1.82) is 0 Å². The largest absolute Gasteiger partial charge is 0.367 e. The second kappa shape index (κ2) is 7.10. The third-order valence-electron chi connectivity index (χ3n) is 3.83. The van der Waals surface area contributed by atoms with Gasteiger partial charge in [0.2, 0.25) is 0 Å². The molecule has 0 spiro atoms. The summed E-state index contributed by atoms with van der Waals surface area (Å²) in [6.07, 6.45) is 3.33. The standard InChI is InChI=1S/C15H21BrClFN2/c1-3-5-19-12-4-6-20(10(2)7-12)15-13(16)8-11(18)9-14(15)17/h8-10,12,19H,3-7H2,1-2H3. The van der Waals surface area contributed by atoms with Crippen LogP contribution in [0, 0.1) is 5.82 Å². The van der Waals surface area contributed by atoms with Gasteiger partial charge in [0.05, 0.1) is 10.7 Å². The van der Waals surface area contributed by atoms with E-state index < -0.39 is 0 Å². The summed E-state index contributed by atoms with van der Waals surface area (Å²) in [6, 6.07) is 3.82. The molecule has 20 heavy (non-hydrogen) atoms. The van der Waals surface area contributed by atoms with Gasteiger partial charge in [-0.05, 0) is 60.8 Å². The molecule has 1 aromatic carbocycles. The van der Waals surface area contributed by atoms with E-state index >= 15 is 0 Å². The first-order chi connectivity index (χ1) is 9.52. The Morgan fingerprint density at radius 2 is 2.25 bits per heavy atom. The Hall–Kier alpha value is -0.320. The second-order valence-electron chi connectivity index (χ2n) is 5.44. The zero-order valence-corrected chi connectivity index (χ0v) is 14.3.